The fourth-order valence-electron chi connectivity index (χ4n) is 1.84. The number of hydrogen-bond donors (Lipinski definition) is 2. The van der Waals surface area contributed by atoms with Crippen LogP contribution in [-0.2, 0) is 14.3 Å². The second-order valence-electron chi connectivity index (χ2n) is 4.73. The van der Waals surface area contributed by atoms with Crippen LogP contribution in [0.4, 0.5) is 5.69 Å². The van der Waals surface area contributed by atoms with Crippen LogP contribution in [0.25, 0.3) is 0 Å². The first kappa shape index (κ1) is 17.6. The van der Waals surface area contributed by atoms with Crippen molar-refractivity contribution in [3.63, 3.8) is 0 Å². The zero-order valence-electron chi connectivity index (χ0n) is 13.1. The number of carbonyl (C=O) groups excluding carboxylic acids is 3. The molecule has 0 heterocycles. The zero-order valence-corrected chi connectivity index (χ0v) is 13.1. The highest BCUT2D eigenvalue weighted by molar-refractivity contribution is 5.99. The molecular weight excluding hydrogens is 288 g/mol. The molecule has 7 heteroatoms. The van der Waals surface area contributed by atoms with E-state index in [9.17, 15) is 14.4 Å². The third kappa shape index (κ3) is 4.56. The maximum atomic E-state index is 12.0. The summed E-state index contributed by atoms with van der Waals surface area (Å²) in [7, 11) is 4.22. The molecule has 0 aromatic heterocycles. The fourth-order valence-corrected chi connectivity index (χ4v) is 1.84. The Hall–Kier alpha value is -2.41. The Kier molecular flexibility index (Phi) is 6.52. The molecule has 0 spiro atoms. The topological polar surface area (TPSA) is 93.7 Å². The fraction of sp³-hybridized carbons (Fsp3) is 0.400. The summed E-state index contributed by atoms with van der Waals surface area (Å²) in [6, 6.07) is 4.24. The molecule has 1 atom stereocenters. The van der Waals surface area contributed by atoms with Crippen molar-refractivity contribution in [3.05, 3.63) is 29.3 Å². The van der Waals surface area contributed by atoms with Gasteiger partial charge in [-0.05, 0) is 25.2 Å². The largest absolute Gasteiger partial charge is 0.465 e. The molecule has 2 N–H and O–H groups in total. The van der Waals surface area contributed by atoms with E-state index in [1.165, 1.54) is 32.4 Å². The molecule has 0 bridgehead atoms. The second-order valence-corrected chi connectivity index (χ2v) is 4.73. The molecule has 1 aromatic carbocycles. The minimum atomic E-state index is -0.607. The Bertz CT molecular complexity index is 537. The van der Waals surface area contributed by atoms with E-state index in [1.54, 1.807) is 14.0 Å². The van der Waals surface area contributed by atoms with Gasteiger partial charge in [0.1, 0.15) is 0 Å². The van der Waals surface area contributed by atoms with Crippen molar-refractivity contribution >= 4 is 23.5 Å². The standard InChI is InChI=1S/C15H20N2O5/c1-9(8-16-2)13(18)17-12-6-10(14(19)21-3)5-11(7-12)15(20)22-4/h5-7,9,16H,8H2,1-4H3,(H,17,18). The van der Waals surface area contributed by atoms with Crippen LogP contribution >= 0.6 is 0 Å². The Labute approximate surface area is 129 Å². The second kappa shape index (κ2) is 8.14. The molecule has 0 aliphatic rings. The maximum absolute atomic E-state index is 12.0. The lowest BCUT2D eigenvalue weighted by Crippen LogP contribution is -2.28. The van der Waals surface area contributed by atoms with E-state index in [0.29, 0.717) is 12.2 Å². The minimum absolute atomic E-state index is 0.155. The number of carbonyl (C=O) groups is 3. The van der Waals surface area contributed by atoms with Crippen molar-refractivity contribution in [1.82, 2.24) is 5.32 Å². The lowest BCUT2D eigenvalue weighted by Gasteiger charge is -2.13. The van der Waals surface area contributed by atoms with E-state index in [-0.39, 0.29) is 23.0 Å². The van der Waals surface area contributed by atoms with Gasteiger partial charge in [-0.3, -0.25) is 4.79 Å². The van der Waals surface area contributed by atoms with Crippen molar-refractivity contribution in [3.8, 4) is 0 Å². The molecule has 0 aliphatic heterocycles. The summed E-state index contributed by atoms with van der Waals surface area (Å²) in [5, 5.41) is 5.57. The van der Waals surface area contributed by atoms with Gasteiger partial charge in [0.2, 0.25) is 5.91 Å². The molecule has 1 amide bonds. The lowest BCUT2D eigenvalue weighted by molar-refractivity contribution is -0.119. The van der Waals surface area contributed by atoms with E-state index in [4.69, 9.17) is 0 Å². The maximum Gasteiger partial charge on any atom is 0.337 e. The summed E-state index contributed by atoms with van der Waals surface area (Å²) in [6.45, 7) is 2.27. The van der Waals surface area contributed by atoms with Gasteiger partial charge in [0.25, 0.3) is 0 Å². The molecule has 0 fully saturated rings. The molecule has 1 aromatic rings. The molecule has 0 aliphatic carbocycles. The third-order valence-electron chi connectivity index (χ3n) is 3.00. The number of esters is 2. The predicted molar refractivity (Wildman–Crippen MR) is 80.8 cm³/mol. The summed E-state index contributed by atoms with van der Waals surface area (Å²) in [5.74, 6) is -1.71. The first-order valence-electron chi connectivity index (χ1n) is 6.70. The molecule has 120 valence electrons. The number of hydrogen-bond acceptors (Lipinski definition) is 6. The predicted octanol–water partition coefficient (Wildman–Crippen LogP) is 1.05. The Balaban J connectivity index is 3.10. The van der Waals surface area contributed by atoms with Crippen LogP contribution in [0.3, 0.4) is 0 Å². The first-order chi connectivity index (χ1) is 10.4. The van der Waals surface area contributed by atoms with E-state index in [1.807, 2.05) is 0 Å². The van der Waals surface area contributed by atoms with Crippen molar-refractivity contribution in [2.45, 2.75) is 6.92 Å². The van der Waals surface area contributed by atoms with Crippen LogP contribution in [0.2, 0.25) is 0 Å². The van der Waals surface area contributed by atoms with Crippen molar-refractivity contribution in [2.75, 3.05) is 33.1 Å². The van der Waals surface area contributed by atoms with Crippen molar-refractivity contribution in [1.29, 1.82) is 0 Å². The van der Waals surface area contributed by atoms with Gasteiger partial charge in [-0.15, -0.1) is 0 Å². The number of ether oxygens (including phenoxy) is 2. The van der Waals surface area contributed by atoms with Crippen molar-refractivity contribution < 1.29 is 23.9 Å². The average Bonchev–Trinajstić information content (AvgIpc) is 2.52. The third-order valence-corrected chi connectivity index (χ3v) is 3.00. The summed E-state index contributed by atoms with van der Waals surface area (Å²) >= 11 is 0. The number of amides is 1. The molecule has 0 saturated heterocycles. The Morgan fingerprint density at radius 1 is 1.05 bits per heavy atom. The Morgan fingerprint density at radius 2 is 1.55 bits per heavy atom. The van der Waals surface area contributed by atoms with Crippen LogP contribution < -0.4 is 10.6 Å². The molecule has 0 saturated carbocycles. The lowest BCUT2D eigenvalue weighted by atomic mass is 10.1. The van der Waals surface area contributed by atoms with E-state index < -0.39 is 11.9 Å². The zero-order chi connectivity index (χ0) is 16.7. The van der Waals surface area contributed by atoms with E-state index >= 15 is 0 Å². The van der Waals surface area contributed by atoms with E-state index in [0.717, 1.165) is 0 Å². The molecular formula is C15H20N2O5. The summed E-state index contributed by atoms with van der Waals surface area (Å²) in [6.07, 6.45) is 0. The van der Waals surface area contributed by atoms with Gasteiger partial charge in [0, 0.05) is 18.2 Å². The van der Waals surface area contributed by atoms with Gasteiger partial charge < -0.3 is 20.1 Å². The smallest absolute Gasteiger partial charge is 0.337 e. The number of methoxy groups -OCH3 is 2. The van der Waals surface area contributed by atoms with Crippen molar-refractivity contribution in [2.24, 2.45) is 5.92 Å². The number of benzene rings is 1. The van der Waals surface area contributed by atoms with E-state index in [2.05, 4.69) is 20.1 Å². The van der Waals surface area contributed by atoms with Crippen LogP contribution in [-0.4, -0.2) is 45.7 Å². The Morgan fingerprint density at radius 3 is 1.95 bits per heavy atom. The molecule has 1 unspecified atom stereocenters. The molecule has 7 nitrogen and oxygen atoms in total. The summed E-state index contributed by atoms with van der Waals surface area (Å²) in [5.41, 5.74) is 0.639. The highest BCUT2D eigenvalue weighted by atomic mass is 16.5. The monoisotopic (exact) mass is 308 g/mol. The van der Waals surface area contributed by atoms with Gasteiger partial charge in [-0.2, -0.15) is 0 Å². The number of nitrogens with one attached hydrogen (secondary N) is 2. The van der Waals surface area contributed by atoms with Crippen LogP contribution in [0.1, 0.15) is 27.6 Å². The first-order valence-corrected chi connectivity index (χ1v) is 6.70. The van der Waals surface area contributed by atoms with Crippen LogP contribution in [0.5, 0.6) is 0 Å². The normalized spacial score (nSPS) is 11.5. The molecule has 1 rings (SSSR count). The van der Waals surface area contributed by atoms with Gasteiger partial charge in [0.15, 0.2) is 0 Å². The van der Waals surface area contributed by atoms with Gasteiger partial charge in [0.05, 0.1) is 25.3 Å². The highest BCUT2D eigenvalue weighted by Gasteiger charge is 2.17. The number of rotatable bonds is 6. The summed E-state index contributed by atoms with van der Waals surface area (Å²) in [4.78, 5) is 35.3. The van der Waals surface area contributed by atoms with Crippen LogP contribution in [0.15, 0.2) is 18.2 Å². The highest BCUT2D eigenvalue weighted by Crippen LogP contribution is 2.17. The van der Waals surface area contributed by atoms with Crippen LogP contribution in [0, 0.1) is 5.92 Å². The summed E-state index contributed by atoms with van der Waals surface area (Å²) < 4.78 is 9.27. The average molecular weight is 308 g/mol. The van der Waals surface area contributed by atoms with Gasteiger partial charge in [-0.25, -0.2) is 9.59 Å². The SMILES string of the molecule is CNCC(C)C(=O)Nc1cc(C(=O)OC)cc(C(=O)OC)c1. The minimum Gasteiger partial charge on any atom is -0.465 e. The molecule has 0 radical (unpaired) electrons. The number of anilines is 1. The van der Waals surface area contributed by atoms with Gasteiger partial charge in [-0.1, -0.05) is 6.92 Å². The molecule has 22 heavy (non-hydrogen) atoms. The quantitative estimate of drug-likeness (QED) is 0.763. The van der Waals surface area contributed by atoms with Gasteiger partial charge >= 0.3 is 11.9 Å².